The lowest BCUT2D eigenvalue weighted by Crippen LogP contribution is -2.20. The van der Waals surface area contributed by atoms with E-state index in [1.165, 1.54) is 16.2 Å². The number of rotatable bonds is 5. The number of primary amides is 1. The monoisotopic (exact) mass is 322 g/mol. The van der Waals surface area contributed by atoms with Crippen molar-refractivity contribution in [3.8, 4) is 0 Å². The van der Waals surface area contributed by atoms with E-state index in [0.29, 0.717) is 22.9 Å². The van der Waals surface area contributed by atoms with Crippen molar-refractivity contribution in [3.63, 3.8) is 0 Å². The first-order chi connectivity index (χ1) is 10.2. The largest absolute Gasteiger partial charge is 0.365 e. The van der Waals surface area contributed by atoms with E-state index < -0.39 is 5.91 Å². The number of hydrogen-bond acceptors (Lipinski definition) is 3. The Kier molecular flexibility index (Phi) is 4.95. The topological polar surface area (TPSA) is 72.2 Å². The fourth-order valence-electron chi connectivity index (χ4n) is 3.36. The molecule has 1 aromatic heterocycles. The summed E-state index contributed by atoms with van der Waals surface area (Å²) < 4.78 is 0. The maximum absolute atomic E-state index is 12.3. The zero-order chi connectivity index (χ0) is 16.5. The van der Waals surface area contributed by atoms with E-state index in [2.05, 4.69) is 33.0 Å². The fourth-order valence-corrected chi connectivity index (χ4v) is 4.68. The standard InChI is InChI=1S/C17H26N2O2S/c1-10(9-17(2,3)4)8-13(20)19-16-14(15(18)21)11-6-5-7-12(11)22-16/h10H,5-9H2,1-4H3,(H2,18,21)(H,19,20). The third kappa shape index (κ3) is 4.09. The smallest absolute Gasteiger partial charge is 0.251 e. The van der Waals surface area contributed by atoms with Crippen molar-refractivity contribution in [1.82, 2.24) is 0 Å². The number of nitrogens with one attached hydrogen (secondary N) is 1. The van der Waals surface area contributed by atoms with E-state index in [1.807, 2.05) is 0 Å². The SMILES string of the molecule is CC(CC(=O)Nc1sc2c(c1C(N)=O)CCC2)CC(C)(C)C. The molecular weight excluding hydrogens is 296 g/mol. The van der Waals surface area contributed by atoms with E-state index >= 15 is 0 Å². The molecule has 3 N–H and O–H groups in total. The van der Waals surface area contributed by atoms with Gasteiger partial charge in [-0.3, -0.25) is 9.59 Å². The van der Waals surface area contributed by atoms with Crippen LogP contribution in [-0.2, 0) is 17.6 Å². The van der Waals surface area contributed by atoms with Gasteiger partial charge in [0.25, 0.3) is 5.91 Å². The summed E-state index contributed by atoms with van der Waals surface area (Å²) in [6.45, 7) is 8.62. The number of fused-ring (bicyclic) bond motifs is 1. The normalized spacial score (nSPS) is 15.5. The van der Waals surface area contributed by atoms with Crippen LogP contribution >= 0.6 is 11.3 Å². The van der Waals surface area contributed by atoms with Gasteiger partial charge in [-0.1, -0.05) is 27.7 Å². The first-order valence-corrected chi connectivity index (χ1v) is 8.73. The highest BCUT2D eigenvalue weighted by Crippen LogP contribution is 2.39. The summed E-state index contributed by atoms with van der Waals surface area (Å²) in [5, 5.41) is 3.56. The molecule has 4 nitrogen and oxygen atoms in total. The van der Waals surface area contributed by atoms with E-state index in [1.54, 1.807) is 0 Å². The number of thiophene rings is 1. The molecule has 1 heterocycles. The number of amides is 2. The van der Waals surface area contributed by atoms with Gasteiger partial charge in [-0.2, -0.15) is 0 Å². The first-order valence-electron chi connectivity index (χ1n) is 7.91. The minimum atomic E-state index is -0.433. The summed E-state index contributed by atoms with van der Waals surface area (Å²) in [7, 11) is 0. The Morgan fingerprint density at radius 2 is 2.00 bits per heavy atom. The summed E-state index contributed by atoms with van der Waals surface area (Å²) in [4.78, 5) is 25.2. The van der Waals surface area contributed by atoms with Gasteiger partial charge in [0.05, 0.1) is 5.56 Å². The lowest BCUT2D eigenvalue weighted by molar-refractivity contribution is -0.117. The van der Waals surface area contributed by atoms with Crippen LogP contribution in [0.2, 0.25) is 0 Å². The van der Waals surface area contributed by atoms with Crippen molar-refractivity contribution in [2.45, 2.75) is 59.8 Å². The number of anilines is 1. The van der Waals surface area contributed by atoms with Gasteiger partial charge in [0.2, 0.25) is 5.91 Å². The number of carbonyl (C=O) groups is 2. The van der Waals surface area contributed by atoms with Crippen molar-refractivity contribution in [2.75, 3.05) is 5.32 Å². The van der Waals surface area contributed by atoms with Gasteiger partial charge in [-0.05, 0) is 42.6 Å². The molecule has 0 radical (unpaired) electrons. The van der Waals surface area contributed by atoms with Crippen molar-refractivity contribution in [2.24, 2.45) is 17.1 Å². The molecule has 0 spiro atoms. The molecule has 0 aliphatic heterocycles. The van der Waals surface area contributed by atoms with Crippen LogP contribution in [0, 0.1) is 11.3 Å². The average Bonchev–Trinajstić information content (AvgIpc) is 2.84. The fraction of sp³-hybridized carbons (Fsp3) is 0.647. The molecule has 22 heavy (non-hydrogen) atoms. The van der Waals surface area contributed by atoms with E-state index in [-0.39, 0.29) is 11.3 Å². The first kappa shape index (κ1) is 17.0. The highest BCUT2D eigenvalue weighted by molar-refractivity contribution is 7.17. The Bertz CT molecular complexity index is 584. The lowest BCUT2D eigenvalue weighted by Gasteiger charge is -2.22. The van der Waals surface area contributed by atoms with Crippen LogP contribution in [0.15, 0.2) is 0 Å². The molecule has 0 saturated carbocycles. The summed E-state index contributed by atoms with van der Waals surface area (Å²) >= 11 is 1.51. The molecule has 122 valence electrons. The second-order valence-corrected chi connectivity index (χ2v) is 8.65. The van der Waals surface area contributed by atoms with Crippen LogP contribution in [0.4, 0.5) is 5.00 Å². The molecule has 2 rings (SSSR count). The second-order valence-electron chi connectivity index (χ2n) is 7.55. The van der Waals surface area contributed by atoms with E-state index in [0.717, 1.165) is 31.2 Å². The molecule has 0 bridgehead atoms. The predicted octanol–water partition coefficient (Wildman–Crippen LogP) is 3.74. The number of hydrogen-bond donors (Lipinski definition) is 2. The highest BCUT2D eigenvalue weighted by atomic mass is 32.1. The molecule has 1 aromatic rings. The molecule has 1 unspecified atom stereocenters. The van der Waals surface area contributed by atoms with Crippen molar-refractivity contribution >= 4 is 28.2 Å². The van der Waals surface area contributed by atoms with Crippen molar-refractivity contribution in [3.05, 3.63) is 16.0 Å². The van der Waals surface area contributed by atoms with Gasteiger partial charge in [0.15, 0.2) is 0 Å². The molecule has 1 atom stereocenters. The number of carbonyl (C=O) groups excluding carboxylic acids is 2. The zero-order valence-electron chi connectivity index (χ0n) is 13.9. The van der Waals surface area contributed by atoms with Gasteiger partial charge >= 0.3 is 0 Å². The summed E-state index contributed by atoms with van der Waals surface area (Å²) in [5.74, 6) is -0.152. The molecule has 1 aliphatic rings. The zero-order valence-corrected chi connectivity index (χ0v) is 14.7. The van der Waals surface area contributed by atoms with Crippen LogP contribution in [0.1, 0.15) is 67.8 Å². The molecular formula is C17H26N2O2S. The predicted molar refractivity (Wildman–Crippen MR) is 91.3 cm³/mol. The van der Waals surface area contributed by atoms with Crippen molar-refractivity contribution < 1.29 is 9.59 Å². The Balaban J connectivity index is 2.05. The maximum Gasteiger partial charge on any atom is 0.251 e. The number of nitrogens with two attached hydrogens (primary N) is 1. The Morgan fingerprint density at radius 3 is 2.59 bits per heavy atom. The van der Waals surface area contributed by atoms with Gasteiger partial charge in [-0.25, -0.2) is 0 Å². The average molecular weight is 322 g/mol. The Hall–Kier alpha value is -1.36. The lowest BCUT2D eigenvalue weighted by atomic mass is 9.84. The maximum atomic E-state index is 12.3. The van der Waals surface area contributed by atoms with Crippen LogP contribution in [0.3, 0.4) is 0 Å². The third-order valence-electron chi connectivity index (χ3n) is 3.92. The van der Waals surface area contributed by atoms with Crippen LogP contribution in [0.25, 0.3) is 0 Å². The van der Waals surface area contributed by atoms with E-state index in [9.17, 15) is 9.59 Å². The summed E-state index contributed by atoms with van der Waals surface area (Å²) in [6.07, 6.45) is 4.40. The van der Waals surface area contributed by atoms with Crippen LogP contribution in [-0.4, -0.2) is 11.8 Å². The highest BCUT2D eigenvalue weighted by Gasteiger charge is 2.26. The minimum absolute atomic E-state index is 0.0285. The molecule has 0 aromatic carbocycles. The van der Waals surface area contributed by atoms with Crippen molar-refractivity contribution in [1.29, 1.82) is 0 Å². The van der Waals surface area contributed by atoms with Gasteiger partial charge in [-0.15, -0.1) is 11.3 Å². The summed E-state index contributed by atoms with van der Waals surface area (Å²) in [6, 6.07) is 0. The van der Waals surface area contributed by atoms with E-state index in [4.69, 9.17) is 5.73 Å². The van der Waals surface area contributed by atoms with Gasteiger partial charge in [0, 0.05) is 11.3 Å². The molecule has 1 aliphatic carbocycles. The molecule has 5 heteroatoms. The Labute approximate surface area is 136 Å². The van der Waals surface area contributed by atoms with Gasteiger partial charge in [0.1, 0.15) is 5.00 Å². The Morgan fingerprint density at radius 1 is 1.32 bits per heavy atom. The number of aryl methyl sites for hydroxylation is 1. The second kappa shape index (κ2) is 6.41. The van der Waals surface area contributed by atoms with Crippen LogP contribution < -0.4 is 11.1 Å². The summed E-state index contributed by atoms with van der Waals surface area (Å²) in [5.41, 5.74) is 7.31. The molecule has 2 amide bonds. The molecule has 0 saturated heterocycles. The van der Waals surface area contributed by atoms with Crippen LogP contribution in [0.5, 0.6) is 0 Å². The minimum Gasteiger partial charge on any atom is -0.365 e. The quantitative estimate of drug-likeness (QED) is 0.867. The molecule has 0 fully saturated rings. The third-order valence-corrected chi connectivity index (χ3v) is 5.12. The van der Waals surface area contributed by atoms with Gasteiger partial charge < -0.3 is 11.1 Å².